The zero-order valence-corrected chi connectivity index (χ0v) is 33.0. The van der Waals surface area contributed by atoms with E-state index in [2.05, 4.69) is 55.3 Å². The van der Waals surface area contributed by atoms with Crippen LogP contribution < -0.4 is 19.9 Å². The number of benzene rings is 3. The Hall–Kier alpha value is -4.67. The van der Waals surface area contributed by atoms with Gasteiger partial charge in [-0.15, -0.1) is 0 Å². The largest absolute Gasteiger partial charge is 0.490 e. The third-order valence-electron chi connectivity index (χ3n) is 13.3. The normalized spacial score (nSPS) is 26.0. The van der Waals surface area contributed by atoms with Gasteiger partial charge in [0, 0.05) is 94.4 Å². The first kappa shape index (κ1) is 37.9. The van der Waals surface area contributed by atoms with E-state index in [1.54, 1.807) is 17.0 Å². The van der Waals surface area contributed by atoms with Crippen LogP contribution in [0.2, 0.25) is 5.02 Å². The number of aliphatic hydroxyl groups excluding tert-OH is 1. The monoisotopic (exact) mass is 791 g/mol. The third-order valence-corrected chi connectivity index (χ3v) is 13.6. The van der Waals surface area contributed by atoms with Crippen LogP contribution in [-0.2, 0) is 22.7 Å². The Bertz CT molecular complexity index is 2080. The van der Waals surface area contributed by atoms with Gasteiger partial charge in [0.2, 0.25) is 11.8 Å². The van der Waals surface area contributed by atoms with Crippen LogP contribution in [0.25, 0.3) is 0 Å². The van der Waals surface area contributed by atoms with Gasteiger partial charge in [-0.05, 0) is 110 Å². The minimum Gasteiger partial charge on any atom is -0.490 e. The number of ether oxygens (including phenoxy) is 1. The molecular weight excluding hydrogens is 742 g/mol. The predicted molar refractivity (Wildman–Crippen MR) is 216 cm³/mol. The van der Waals surface area contributed by atoms with Crippen molar-refractivity contribution in [2.75, 3.05) is 55.6 Å². The van der Waals surface area contributed by atoms with Gasteiger partial charge in [-0.2, -0.15) is 5.26 Å². The van der Waals surface area contributed by atoms with Gasteiger partial charge < -0.3 is 24.5 Å². The molecule has 3 aromatic carbocycles. The Morgan fingerprint density at radius 3 is 2.25 bits per heavy atom. The molecule has 6 aliphatic rings. The van der Waals surface area contributed by atoms with Crippen LogP contribution in [0.3, 0.4) is 0 Å². The number of carbonyl (C=O) groups is 3. The van der Waals surface area contributed by atoms with Gasteiger partial charge in [0.15, 0.2) is 0 Å². The van der Waals surface area contributed by atoms with E-state index in [-0.39, 0.29) is 30.2 Å². The molecule has 57 heavy (non-hydrogen) atoms. The van der Waals surface area contributed by atoms with Crippen molar-refractivity contribution in [1.29, 1.82) is 5.26 Å². The van der Waals surface area contributed by atoms with Crippen molar-refractivity contribution in [3.8, 4) is 11.8 Å². The molecule has 0 spiro atoms. The van der Waals surface area contributed by atoms with Gasteiger partial charge in [-0.1, -0.05) is 17.7 Å². The maximum Gasteiger partial charge on any atom is 0.255 e. The van der Waals surface area contributed by atoms with Crippen molar-refractivity contribution in [2.24, 2.45) is 5.92 Å². The molecule has 2 unspecified atom stereocenters. The lowest BCUT2D eigenvalue weighted by Gasteiger charge is -2.40. The highest BCUT2D eigenvalue weighted by atomic mass is 35.5. The number of carbonyl (C=O) groups excluding carboxylic acids is 3. The summed E-state index contributed by atoms with van der Waals surface area (Å²) in [5, 5.41) is 23.3. The average Bonchev–Trinajstić information content (AvgIpc) is 3.73. The molecule has 12 nitrogen and oxygen atoms in total. The zero-order chi connectivity index (χ0) is 39.2. The molecule has 0 radical (unpaired) electrons. The second-order valence-corrected chi connectivity index (χ2v) is 17.1. The first-order valence-corrected chi connectivity index (χ1v) is 21.0. The summed E-state index contributed by atoms with van der Waals surface area (Å²) >= 11 is 6.21. The topological polar surface area (TPSA) is 133 Å². The van der Waals surface area contributed by atoms with E-state index in [4.69, 9.17) is 21.6 Å². The lowest BCUT2D eigenvalue weighted by atomic mass is 9.91. The number of hydrogen-bond acceptors (Lipinski definition) is 10. The molecule has 9 rings (SSSR count). The second kappa shape index (κ2) is 15.9. The van der Waals surface area contributed by atoms with Crippen LogP contribution >= 0.6 is 11.6 Å². The van der Waals surface area contributed by atoms with Crippen LogP contribution in [0.5, 0.6) is 5.75 Å². The maximum absolute atomic E-state index is 13.2. The summed E-state index contributed by atoms with van der Waals surface area (Å²) in [6, 6.07) is 19.7. The van der Waals surface area contributed by atoms with Gasteiger partial charge in [0.1, 0.15) is 24.1 Å². The fraction of sp³-hybridized carbons (Fsp3) is 0.500. The van der Waals surface area contributed by atoms with Crippen LogP contribution in [-0.4, -0.2) is 102 Å². The summed E-state index contributed by atoms with van der Waals surface area (Å²) < 4.78 is 6.22. The number of nitrogens with zero attached hydrogens (tertiary/aromatic N) is 6. The summed E-state index contributed by atoms with van der Waals surface area (Å²) in [5.41, 5.74) is 6.68. The molecule has 5 aliphatic heterocycles. The molecule has 5 heterocycles. The average molecular weight is 792 g/mol. The van der Waals surface area contributed by atoms with Crippen LogP contribution in [0.1, 0.15) is 90.2 Å². The Kier molecular flexibility index (Phi) is 10.6. The number of anilines is 2. The van der Waals surface area contributed by atoms with Gasteiger partial charge >= 0.3 is 0 Å². The van der Waals surface area contributed by atoms with Crippen LogP contribution in [0.4, 0.5) is 11.4 Å². The summed E-state index contributed by atoms with van der Waals surface area (Å²) in [6.07, 6.45) is 6.12. The molecule has 1 saturated carbocycles. The van der Waals surface area contributed by atoms with E-state index in [1.165, 1.54) is 11.3 Å². The van der Waals surface area contributed by atoms with Crippen molar-refractivity contribution in [2.45, 2.75) is 88.9 Å². The van der Waals surface area contributed by atoms with E-state index >= 15 is 0 Å². The maximum atomic E-state index is 13.2. The molecule has 4 fully saturated rings. The summed E-state index contributed by atoms with van der Waals surface area (Å²) in [4.78, 5) is 48.7. The Labute approximate surface area is 338 Å². The van der Waals surface area contributed by atoms with Crippen molar-refractivity contribution in [3.05, 3.63) is 87.4 Å². The highest BCUT2D eigenvalue weighted by Crippen LogP contribution is 2.40. The number of amides is 3. The molecular formula is C44H50ClN7O5. The molecule has 298 valence electrons. The first-order valence-electron chi connectivity index (χ1n) is 20.6. The minimum absolute atomic E-state index is 0.0953. The molecule has 3 aromatic rings. The number of rotatable bonds is 8. The fourth-order valence-corrected chi connectivity index (χ4v) is 10.2. The molecule has 3 amide bonds. The quantitative estimate of drug-likeness (QED) is 0.293. The van der Waals surface area contributed by atoms with Crippen LogP contribution in [0.15, 0.2) is 54.6 Å². The second-order valence-electron chi connectivity index (χ2n) is 16.7. The minimum atomic E-state index is -0.593. The molecule has 0 aromatic heterocycles. The van der Waals surface area contributed by atoms with Crippen molar-refractivity contribution < 1.29 is 24.2 Å². The number of halogens is 1. The first-order chi connectivity index (χ1) is 27.7. The number of piperazine rings is 1. The number of imide groups is 1. The number of nitrogens with one attached hydrogen (secondary N) is 1. The predicted octanol–water partition coefficient (Wildman–Crippen LogP) is 5.21. The smallest absolute Gasteiger partial charge is 0.255 e. The Morgan fingerprint density at radius 1 is 0.807 bits per heavy atom. The van der Waals surface area contributed by atoms with E-state index in [0.29, 0.717) is 46.8 Å². The number of hydrogen-bond donors (Lipinski definition) is 2. The van der Waals surface area contributed by atoms with Gasteiger partial charge in [0.25, 0.3) is 5.91 Å². The lowest BCUT2D eigenvalue weighted by Crippen LogP contribution is -2.52. The lowest BCUT2D eigenvalue weighted by molar-refractivity contribution is -0.136. The van der Waals surface area contributed by atoms with E-state index in [9.17, 15) is 19.5 Å². The summed E-state index contributed by atoms with van der Waals surface area (Å²) in [6.45, 7) is 8.29. The standard InChI is InChI=1S/C44H50ClN7O5/c45-39-23-36(6-1-29(39)24-46)57-35-7-2-32(3-8-35)51-26-30-21-34(5-9-37(30)43(51)55)50-19-17-48(18-20-50)25-28-13-15-49(16-14-28)33-4-10-38-31(22-33)27-52(44(38)56)40-11-12-41(53)47-42(40)54/h1,4-6,9-10,21-23,28,32,35,40,43,55H,2-3,7-8,11-20,25-27H2,(H,47,53,54). The highest BCUT2D eigenvalue weighted by molar-refractivity contribution is 6.31. The molecule has 0 bridgehead atoms. The molecule has 3 saturated heterocycles. The molecule has 2 N–H and O–H groups in total. The van der Waals surface area contributed by atoms with Gasteiger partial charge in [-0.25, -0.2) is 0 Å². The number of nitriles is 1. The van der Waals surface area contributed by atoms with Crippen LogP contribution in [0, 0.1) is 17.2 Å². The zero-order valence-electron chi connectivity index (χ0n) is 32.2. The van der Waals surface area contributed by atoms with E-state index in [0.717, 1.165) is 108 Å². The van der Waals surface area contributed by atoms with E-state index in [1.807, 2.05) is 18.2 Å². The number of fused-ring (bicyclic) bond motifs is 2. The summed E-state index contributed by atoms with van der Waals surface area (Å²) in [7, 11) is 0. The Balaban J connectivity index is 0.721. The van der Waals surface area contributed by atoms with Crippen molar-refractivity contribution in [1.82, 2.24) is 20.0 Å². The SMILES string of the molecule is N#Cc1ccc(OC2CCC(N3Cc4cc(N5CCN(CC6CCN(c7ccc8c(c7)CN(C7CCC(=O)NC7=O)C8=O)CC6)CC5)ccc4C3O)CC2)cc1Cl. The Morgan fingerprint density at radius 2 is 1.53 bits per heavy atom. The molecule has 2 atom stereocenters. The highest BCUT2D eigenvalue weighted by Gasteiger charge is 2.40. The van der Waals surface area contributed by atoms with Gasteiger partial charge in [-0.3, -0.25) is 29.5 Å². The number of piperidine rings is 2. The van der Waals surface area contributed by atoms with E-state index < -0.39 is 12.3 Å². The van der Waals surface area contributed by atoms with Gasteiger partial charge in [0.05, 0.1) is 16.7 Å². The van der Waals surface area contributed by atoms with Crippen molar-refractivity contribution >= 4 is 40.7 Å². The van der Waals surface area contributed by atoms with Crippen molar-refractivity contribution in [3.63, 3.8) is 0 Å². The molecule has 1 aliphatic carbocycles. The molecule has 13 heteroatoms. The fourth-order valence-electron chi connectivity index (χ4n) is 10.0. The third kappa shape index (κ3) is 7.70. The summed E-state index contributed by atoms with van der Waals surface area (Å²) in [5.74, 6) is 0.568. The number of aliphatic hydroxyl groups is 1.